The molecule has 0 heterocycles. The number of allylic oxidation sites excluding steroid dienone is 6. The molecule has 0 atom stereocenters. The molecule has 0 aliphatic heterocycles. The Kier molecular flexibility index (Phi) is 7.73. The van der Waals surface area contributed by atoms with Crippen LogP contribution in [-0.2, 0) is 0 Å². The first kappa shape index (κ1) is 18.3. The van der Waals surface area contributed by atoms with Gasteiger partial charge in [0, 0.05) is 5.69 Å². The van der Waals surface area contributed by atoms with Crippen molar-refractivity contribution < 1.29 is 0 Å². The van der Waals surface area contributed by atoms with Crippen molar-refractivity contribution in [3.8, 4) is 0 Å². The molecule has 0 aromatic heterocycles. The van der Waals surface area contributed by atoms with Crippen LogP contribution in [-0.4, -0.2) is 0 Å². The minimum Gasteiger partial charge on any atom is -0.399 e. The smallest absolute Gasteiger partial charge is 0.0314 e. The van der Waals surface area contributed by atoms with Crippen LogP contribution in [0.25, 0.3) is 5.57 Å². The van der Waals surface area contributed by atoms with Crippen LogP contribution >= 0.6 is 0 Å². The van der Waals surface area contributed by atoms with Gasteiger partial charge in [-0.25, -0.2) is 0 Å². The van der Waals surface area contributed by atoms with E-state index < -0.39 is 0 Å². The highest BCUT2D eigenvalue weighted by Gasteiger charge is 2.19. The summed E-state index contributed by atoms with van der Waals surface area (Å²) in [6, 6.07) is 8.23. The Hall–Kier alpha value is -1.76. The highest BCUT2D eigenvalue weighted by Crippen LogP contribution is 2.39. The van der Waals surface area contributed by atoms with Crippen LogP contribution in [0.2, 0.25) is 0 Å². The zero-order valence-corrected chi connectivity index (χ0v) is 14.9. The SMILES string of the molecule is CC.CC.CCC1=CC2=C(C=C(c3ccc(N)cc3)C2)CC1. The molecule has 0 bridgehead atoms. The summed E-state index contributed by atoms with van der Waals surface area (Å²) in [4.78, 5) is 0. The lowest BCUT2D eigenvalue weighted by Gasteiger charge is -2.13. The molecule has 2 aliphatic carbocycles. The van der Waals surface area contributed by atoms with Crippen LogP contribution in [0.1, 0.15) is 65.9 Å². The van der Waals surface area contributed by atoms with Crippen molar-refractivity contribution in [1.82, 2.24) is 0 Å². The summed E-state index contributed by atoms with van der Waals surface area (Å²) >= 11 is 0. The number of benzene rings is 1. The van der Waals surface area contributed by atoms with Crippen molar-refractivity contribution in [2.75, 3.05) is 5.73 Å². The summed E-state index contributed by atoms with van der Waals surface area (Å²) in [5.74, 6) is 0. The van der Waals surface area contributed by atoms with Crippen LogP contribution in [0.15, 0.2) is 53.1 Å². The number of nitrogens with two attached hydrogens (primary N) is 1. The molecule has 1 heteroatoms. The number of anilines is 1. The van der Waals surface area contributed by atoms with Gasteiger partial charge in [0.15, 0.2) is 0 Å². The molecule has 120 valence electrons. The fourth-order valence-corrected chi connectivity index (χ4v) is 2.82. The van der Waals surface area contributed by atoms with Gasteiger partial charge >= 0.3 is 0 Å². The van der Waals surface area contributed by atoms with E-state index in [1.165, 1.54) is 36.0 Å². The van der Waals surface area contributed by atoms with Gasteiger partial charge in [0.2, 0.25) is 0 Å². The lowest BCUT2D eigenvalue weighted by atomic mass is 9.92. The fraction of sp³-hybridized carbons (Fsp3) is 0.429. The van der Waals surface area contributed by atoms with Crippen molar-refractivity contribution in [2.24, 2.45) is 0 Å². The van der Waals surface area contributed by atoms with Crippen LogP contribution < -0.4 is 5.73 Å². The summed E-state index contributed by atoms with van der Waals surface area (Å²) in [7, 11) is 0. The van der Waals surface area contributed by atoms with Gasteiger partial charge in [-0.15, -0.1) is 0 Å². The van der Waals surface area contributed by atoms with Gasteiger partial charge in [-0.05, 0) is 60.1 Å². The molecular formula is C21H31N. The molecule has 0 saturated carbocycles. The second-order valence-electron chi connectivity index (χ2n) is 5.17. The topological polar surface area (TPSA) is 26.0 Å². The van der Waals surface area contributed by atoms with Gasteiger partial charge in [-0.1, -0.05) is 64.5 Å². The summed E-state index contributed by atoms with van der Waals surface area (Å²) < 4.78 is 0. The summed E-state index contributed by atoms with van der Waals surface area (Å²) in [5.41, 5.74) is 14.0. The van der Waals surface area contributed by atoms with Gasteiger partial charge in [0.25, 0.3) is 0 Å². The molecule has 1 nitrogen and oxygen atoms in total. The molecule has 0 fully saturated rings. The zero-order chi connectivity index (χ0) is 16.5. The Bertz CT molecular complexity index is 556. The van der Waals surface area contributed by atoms with Crippen LogP contribution in [0.4, 0.5) is 5.69 Å². The second-order valence-corrected chi connectivity index (χ2v) is 5.17. The van der Waals surface area contributed by atoms with E-state index >= 15 is 0 Å². The molecule has 0 unspecified atom stereocenters. The molecule has 0 amide bonds. The maximum Gasteiger partial charge on any atom is 0.0314 e. The first-order chi connectivity index (χ1) is 10.8. The minimum absolute atomic E-state index is 0.836. The third kappa shape index (κ3) is 4.37. The Morgan fingerprint density at radius 1 is 0.864 bits per heavy atom. The maximum absolute atomic E-state index is 5.74. The van der Waals surface area contributed by atoms with Crippen LogP contribution in [0.3, 0.4) is 0 Å². The van der Waals surface area contributed by atoms with Crippen LogP contribution in [0, 0.1) is 0 Å². The van der Waals surface area contributed by atoms with Crippen molar-refractivity contribution in [3.63, 3.8) is 0 Å². The molecule has 0 saturated heterocycles. The van der Waals surface area contributed by atoms with E-state index in [0.29, 0.717) is 0 Å². The third-order valence-electron chi connectivity index (χ3n) is 3.97. The third-order valence-corrected chi connectivity index (χ3v) is 3.97. The van der Waals surface area contributed by atoms with E-state index in [1.54, 1.807) is 11.1 Å². The predicted octanol–water partition coefficient (Wildman–Crippen LogP) is 6.54. The predicted molar refractivity (Wildman–Crippen MR) is 101 cm³/mol. The van der Waals surface area contributed by atoms with Crippen molar-refractivity contribution >= 4 is 11.3 Å². The normalized spacial score (nSPS) is 15.7. The molecule has 1 aromatic carbocycles. The zero-order valence-electron chi connectivity index (χ0n) is 14.9. The Balaban J connectivity index is 0.000000561. The maximum atomic E-state index is 5.74. The molecule has 2 N–H and O–H groups in total. The average Bonchev–Trinajstić information content (AvgIpc) is 3.02. The van der Waals surface area contributed by atoms with E-state index in [9.17, 15) is 0 Å². The van der Waals surface area contributed by atoms with E-state index in [1.807, 2.05) is 39.8 Å². The minimum atomic E-state index is 0.836. The average molecular weight is 297 g/mol. The Labute approximate surface area is 136 Å². The monoisotopic (exact) mass is 297 g/mol. The van der Waals surface area contributed by atoms with Gasteiger partial charge in [0.05, 0.1) is 0 Å². The first-order valence-electron chi connectivity index (χ1n) is 8.74. The number of rotatable bonds is 2. The van der Waals surface area contributed by atoms with E-state index in [2.05, 4.69) is 31.2 Å². The molecular weight excluding hydrogens is 266 g/mol. The summed E-state index contributed by atoms with van der Waals surface area (Å²) in [6.07, 6.45) is 9.52. The lowest BCUT2D eigenvalue weighted by Crippen LogP contribution is -1.94. The van der Waals surface area contributed by atoms with E-state index in [4.69, 9.17) is 5.73 Å². The Morgan fingerprint density at radius 3 is 2.09 bits per heavy atom. The van der Waals surface area contributed by atoms with Crippen LogP contribution in [0.5, 0.6) is 0 Å². The second kappa shape index (κ2) is 9.30. The Morgan fingerprint density at radius 2 is 1.50 bits per heavy atom. The number of hydrogen-bond acceptors (Lipinski definition) is 1. The van der Waals surface area contributed by atoms with Gasteiger partial charge in [-0.3, -0.25) is 0 Å². The molecule has 2 aliphatic rings. The van der Waals surface area contributed by atoms with Gasteiger partial charge in [0.1, 0.15) is 0 Å². The molecule has 1 aromatic rings. The molecule has 3 rings (SSSR count). The van der Waals surface area contributed by atoms with Crippen molar-refractivity contribution in [3.05, 3.63) is 58.7 Å². The quantitative estimate of drug-likeness (QED) is 0.616. The first-order valence-corrected chi connectivity index (χ1v) is 8.74. The van der Waals surface area contributed by atoms with E-state index in [0.717, 1.165) is 12.1 Å². The molecule has 0 spiro atoms. The van der Waals surface area contributed by atoms with Crippen molar-refractivity contribution in [1.29, 1.82) is 0 Å². The van der Waals surface area contributed by atoms with Crippen molar-refractivity contribution in [2.45, 2.75) is 60.3 Å². The van der Waals surface area contributed by atoms with Gasteiger partial charge in [-0.2, -0.15) is 0 Å². The standard InChI is InChI=1S/C17H19N.2C2H6/c1-2-12-3-4-14-10-16(11-15(14)9-12)13-5-7-17(18)8-6-13;2*1-2/h5-10H,2-4,11,18H2,1H3;2*1-2H3. The largest absolute Gasteiger partial charge is 0.399 e. The summed E-state index contributed by atoms with van der Waals surface area (Å²) in [5, 5.41) is 0. The number of nitrogen functional groups attached to an aromatic ring is 1. The lowest BCUT2D eigenvalue weighted by molar-refractivity contribution is 0.861. The fourth-order valence-electron chi connectivity index (χ4n) is 2.82. The molecule has 22 heavy (non-hydrogen) atoms. The highest BCUT2D eigenvalue weighted by molar-refractivity contribution is 5.76. The number of hydrogen-bond donors (Lipinski definition) is 1. The van der Waals surface area contributed by atoms with Gasteiger partial charge < -0.3 is 5.73 Å². The highest BCUT2D eigenvalue weighted by atomic mass is 14.5. The van der Waals surface area contributed by atoms with E-state index in [-0.39, 0.29) is 0 Å². The summed E-state index contributed by atoms with van der Waals surface area (Å²) in [6.45, 7) is 10.3. The molecule has 0 radical (unpaired) electrons.